The van der Waals surface area contributed by atoms with Gasteiger partial charge in [0, 0.05) is 5.92 Å². The maximum absolute atomic E-state index is 12.7. The molecule has 0 spiro atoms. The van der Waals surface area contributed by atoms with E-state index in [4.69, 9.17) is 9.26 Å². The number of sulfonamides is 1. The Labute approximate surface area is 157 Å². The van der Waals surface area contributed by atoms with Gasteiger partial charge >= 0.3 is 0 Å². The molecule has 0 radical (unpaired) electrons. The van der Waals surface area contributed by atoms with Crippen LogP contribution in [-0.4, -0.2) is 25.7 Å². The van der Waals surface area contributed by atoms with Gasteiger partial charge < -0.3 is 9.26 Å². The molecule has 27 heavy (non-hydrogen) atoms. The summed E-state index contributed by atoms with van der Waals surface area (Å²) in [6, 6.07) is 13.4. The number of rotatable bonds is 7. The third kappa shape index (κ3) is 3.95. The van der Waals surface area contributed by atoms with E-state index in [0.29, 0.717) is 29.7 Å². The molecule has 2 aromatic carbocycles. The first-order chi connectivity index (χ1) is 13.0. The second-order valence-corrected chi connectivity index (χ2v) is 8.12. The van der Waals surface area contributed by atoms with E-state index in [1.807, 2.05) is 12.1 Å². The second kappa shape index (κ2) is 7.03. The number of methoxy groups -OCH3 is 1. The third-order valence-electron chi connectivity index (χ3n) is 4.40. The summed E-state index contributed by atoms with van der Waals surface area (Å²) in [5.41, 5.74) is 1.25. The fourth-order valence-electron chi connectivity index (χ4n) is 2.74. The zero-order valence-electron chi connectivity index (χ0n) is 14.8. The molecule has 0 unspecified atom stereocenters. The average molecular weight is 385 g/mol. The van der Waals surface area contributed by atoms with E-state index < -0.39 is 10.0 Å². The van der Waals surface area contributed by atoms with Crippen molar-refractivity contribution in [2.24, 2.45) is 0 Å². The number of nitrogens with one attached hydrogen (secondary N) is 1. The number of aromatic nitrogens is 2. The highest BCUT2D eigenvalue weighted by molar-refractivity contribution is 7.92. The predicted molar refractivity (Wildman–Crippen MR) is 99.3 cm³/mol. The van der Waals surface area contributed by atoms with Crippen molar-refractivity contribution >= 4 is 15.7 Å². The molecule has 0 bridgehead atoms. The molecule has 0 atom stereocenters. The van der Waals surface area contributed by atoms with Crippen molar-refractivity contribution in [1.29, 1.82) is 0 Å². The molecule has 8 heteroatoms. The SMILES string of the molecule is COc1ccc(S(=O)(=O)Nc2ccccc2Cc2nc(C3CC3)no2)cc1. The zero-order chi connectivity index (χ0) is 18.9. The molecule has 0 aliphatic heterocycles. The van der Waals surface area contributed by atoms with Gasteiger partial charge in [-0.15, -0.1) is 0 Å². The lowest BCUT2D eigenvalue weighted by Gasteiger charge is -2.12. The molecular weight excluding hydrogens is 366 g/mol. The molecule has 1 aliphatic rings. The predicted octanol–water partition coefficient (Wildman–Crippen LogP) is 3.35. The van der Waals surface area contributed by atoms with E-state index in [2.05, 4.69) is 14.9 Å². The van der Waals surface area contributed by atoms with Crippen LogP contribution in [0.3, 0.4) is 0 Å². The lowest BCUT2D eigenvalue weighted by molar-refractivity contribution is 0.379. The van der Waals surface area contributed by atoms with Crippen molar-refractivity contribution in [3.05, 3.63) is 65.8 Å². The lowest BCUT2D eigenvalue weighted by Crippen LogP contribution is -2.14. The van der Waals surface area contributed by atoms with E-state index in [1.54, 1.807) is 24.3 Å². The number of ether oxygens (including phenoxy) is 1. The molecule has 0 saturated heterocycles. The third-order valence-corrected chi connectivity index (χ3v) is 5.78. The minimum Gasteiger partial charge on any atom is -0.497 e. The minimum atomic E-state index is -3.72. The van der Waals surface area contributed by atoms with Crippen LogP contribution in [0.1, 0.15) is 36.0 Å². The van der Waals surface area contributed by atoms with E-state index in [9.17, 15) is 8.42 Å². The largest absolute Gasteiger partial charge is 0.497 e. The van der Waals surface area contributed by atoms with Crippen LogP contribution in [0.4, 0.5) is 5.69 Å². The maximum atomic E-state index is 12.7. The topological polar surface area (TPSA) is 94.3 Å². The number of hydrogen-bond acceptors (Lipinski definition) is 6. The Hall–Kier alpha value is -2.87. The molecular formula is C19H19N3O4S. The first-order valence-corrected chi connectivity index (χ1v) is 10.1. The number of hydrogen-bond donors (Lipinski definition) is 1. The van der Waals surface area contributed by atoms with Gasteiger partial charge in [-0.25, -0.2) is 8.42 Å². The molecule has 1 fully saturated rings. The van der Waals surface area contributed by atoms with Gasteiger partial charge in [0.05, 0.1) is 24.1 Å². The Morgan fingerprint density at radius 1 is 1.15 bits per heavy atom. The zero-order valence-corrected chi connectivity index (χ0v) is 15.6. The molecule has 1 aromatic heterocycles. The van der Waals surface area contributed by atoms with Gasteiger partial charge in [0.25, 0.3) is 10.0 Å². The van der Waals surface area contributed by atoms with Crippen molar-refractivity contribution in [3.63, 3.8) is 0 Å². The van der Waals surface area contributed by atoms with Crippen LogP contribution in [0.25, 0.3) is 0 Å². The smallest absolute Gasteiger partial charge is 0.261 e. The highest BCUT2D eigenvalue weighted by Crippen LogP contribution is 2.38. The van der Waals surface area contributed by atoms with Crippen molar-refractivity contribution in [3.8, 4) is 5.75 Å². The van der Waals surface area contributed by atoms with Crippen LogP contribution in [0, 0.1) is 0 Å². The Balaban J connectivity index is 1.56. The summed E-state index contributed by atoms with van der Waals surface area (Å²) < 4.78 is 38.4. The summed E-state index contributed by atoms with van der Waals surface area (Å²) in [5, 5.41) is 4.01. The molecule has 4 rings (SSSR count). The fraction of sp³-hybridized carbons (Fsp3) is 0.263. The quantitative estimate of drug-likeness (QED) is 0.670. The molecule has 1 heterocycles. The van der Waals surface area contributed by atoms with Crippen LogP contribution in [-0.2, 0) is 16.4 Å². The first-order valence-electron chi connectivity index (χ1n) is 8.62. The Kier molecular flexibility index (Phi) is 4.57. The number of anilines is 1. The molecule has 1 N–H and O–H groups in total. The molecule has 1 saturated carbocycles. The maximum Gasteiger partial charge on any atom is 0.261 e. The van der Waals surface area contributed by atoms with Crippen LogP contribution in [0.2, 0.25) is 0 Å². The van der Waals surface area contributed by atoms with E-state index in [1.165, 1.54) is 19.2 Å². The summed E-state index contributed by atoms with van der Waals surface area (Å²) in [6.45, 7) is 0. The van der Waals surface area contributed by atoms with E-state index in [-0.39, 0.29) is 4.90 Å². The van der Waals surface area contributed by atoms with E-state index >= 15 is 0 Å². The van der Waals surface area contributed by atoms with Gasteiger partial charge in [0.1, 0.15) is 5.75 Å². The van der Waals surface area contributed by atoms with Gasteiger partial charge in [0.2, 0.25) is 5.89 Å². The Morgan fingerprint density at radius 2 is 1.89 bits per heavy atom. The average Bonchev–Trinajstić information content (AvgIpc) is 3.42. The molecule has 140 valence electrons. The van der Waals surface area contributed by atoms with Crippen LogP contribution in [0.15, 0.2) is 57.9 Å². The Morgan fingerprint density at radius 3 is 2.59 bits per heavy atom. The van der Waals surface area contributed by atoms with Gasteiger partial charge in [-0.1, -0.05) is 23.4 Å². The van der Waals surface area contributed by atoms with Crippen molar-refractivity contribution in [1.82, 2.24) is 10.1 Å². The number of para-hydroxylation sites is 1. The summed E-state index contributed by atoms with van der Waals surface area (Å²) in [7, 11) is -2.19. The summed E-state index contributed by atoms with van der Waals surface area (Å²) in [4.78, 5) is 4.57. The van der Waals surface area contributed by atoms with Crippen molar-refractivity contribution < 1.29 is 17.7 Å². The van der Waals surface area contributed by atoms with Crippen molar-refractivity contribution in [2.75, 3.05) is 11.8 Å². The molecule has 7 nitrogen and oxygen atoms in total. The van der Waals surface area contributed by atoms with Crippen LogP contribution < -0.4 is 9.46 Å². The van der Waals surface area contributed by atoms with Crippen molar-refractivity contribution in [2.45, 2.75) is 30.1 Å². The van der Waals surface area contributed by atoms with E-state index in [0.717, 1.165) is 24.2 Å². The van der Waals surface area contributed by atoms with Gasteiger partial charge in [-0.05, 0) is 48.7 Å². The lowest BCUT2D eigenvalue weighted by atomic mass is 10.1. The number of nitrogens with zero attached hydrogens (tertiary/aromatic N) is 2. The molecule has 0 amide bonds. The summed E-state index contributed by atoms with van der Waals surface area (Å²) >= 11 is 0. The minimum absolute atomic E-state index is 0.159. The number of benzene rings is 2. The van der Waals surface area contributed by atoms with Gasteiger partial charge in [0.15, 0.2) is 5.82 Å². The standard InChI is InChI=1S/C19H19N3O4S/c1-25-15-8-10-16(11-9-15)27(23,24)22-17-5-3-2-4-14(17)12-18-20-19(21-26-18)13-6-7-13/h2-5,8-11,13,22H,6-7,12H2,1H3. The highest BCUT2D eigenvalue weighted by Gasteiger charge is 2.29. The van der Waals surface area contributed by atoms with Crippen LogP contribution in [0.5, 0.6) is 5.75 Å². The normalized spacial score (nSPS) is 14.1. The van der Waals surface area contributed by atoms with Gasteiger partial charge in [-0.2, -0.15) is 4.98 Å². The monoisotopic (exact) mass is 385 g/mol. The second-order valence-electron chi connectivity index (χ2n) is 6.44. The fourth-order valence-corrected chi connectivity index (χ4v) is 3.84. The molecule has 3 aromatic rings. The summed E-state index contributed by atoms with van der Waals surface area (Å²) in [5.74, 6) is 2.22. The molecule has 1 aliphatic carbocycles. The van der Waals surface area contributed by atoms with Gasteiger partial charge in [-0.3, -0.25) is 4.72 Å². The Bertz CT molecular complexity index is 1040. The van der Waals surface area contributed by atoms with Crippen LogP contribution >= 0.6 is 0 Å². The highest BCUT2D eigenvalue weighted by atomic mass is 32.2. The summed E-state index contributed by atoms with van der Waals surface area (Å²) in [6.07, 6.45) is 2.55. The first kappa shape index (κ1) is 17.5.